The third kappa shape index (κ3) is 29.6. The normalized spacial score (nSPS) is 14.8. The molecule has 3 amide bonds. The molecule has 0 radical (unpaired) electrons. The topological polar surface area (TPSA) is 251 Å². The van der Waals surface area contributed by atoms with Crippen molar-refractivity contribution in [2.75, 3.05) is 105 Å². The van der Waals surface area contributed by atoms with Gasteiger partial charge < -0.3 is 49.0 Å². The predicted molar refractivity (Wildman–Crippen MR) is 332 cm³/mol. The molecule has 2 N–H and O–H groups in total. The van der Waals surface area contributed by atoms with Crippen molar-refractivity contribution in [1.29, 1.82) is 0 Å². The number of pyridine rings is 1. The first-order valence-corrected chi connectivity index (χ1v) is 30.4. The summed E-state index contributed by atoms with van der Waals surface area (Å²) < 4.78 is 35.1. The molecule has 0 spiro atoms. The molecule has 0 bridgehead atoms. The Hall–Kier alpha value is -6.80. The Balaban J connectivity index is 0.0000169. The van der Waals surface area contributed by atoms with Gasteiger partial charge in [-0.2, -0.15) is 0 Å². The predicted octanol–water partition coefficient (Wildman–Crippen LogP) is 3.06. The molecular formula is C66H95LiN8O14. The van der Waals surface area contributed by atoms with Crippen LogP contribution in [0.2, 0.25) is 0 Å². The number of carboxylic acid groups (broad SMARTS) is 1. The molecule has 4 aromatic rings. The van der Waals surface area contributed by atoms with Gasteiger partial charge in [0.2, 0.25) is 11.8 Å². The van der Waals surface area contributed by atoms with Gasteiger partial charge in [-0.1, -0.05) is 42.5 Å². The maximum atomic E-state index is 14.5. The quantitative estimate of drug-likeness (QED) is 0.0397. The van der Waals surface area contributed by atoms with Gasteiger partial charge in [-0.3, -0.25) is 53.5 Å². The summed E-state index contributed by atoms with van der Waals surface area (Å²) in [5.41, 5.74) is -0.775. The zero-order valence-corrected chi connectivity index (χ0v) is 54.9. The average Bonchev–Trinajstić information content (AvgIpc) is 1.92. The maximum Gasteiger partial charge on any atom is 1.00 e. The Morgan fingerprint density at radius 2 is 1.02 bits per heavy atom. The zero-order valence-electron chi connectivity index (χ0n) is 54.9. The fourth-order valence-electron chi connectivity index (χ4n) is 9.49. The van der Waals surface area contributed by atoms with Crippen LogP contribution in [0.4, 0.5) is 4.79 Å². The number of aromatic nitrogens is 1. The van der Waals surface area contributed by atoms with Crippen LogP contribution in [0.1, 0.15) is 124 Å². The molecular weight excluding hydrogens is 1140 g/mol. The molecule has 23 heteroatoms. The first kappa shape index (κ1) is 74.7. The molecule has 3 aromatic carbocycles. The molecule has 0 saturated carbocycles. The fraction of sp³-hybridized carbons (Fsp3) is 0.576. The third-order valence-corrected chi connectivity index (χ3v) is 13.5. The van der Waals surface area contributed by atoms with Crippen LogP contribution < -0.4 is 44.1 Å². The van der Waals surface area contributed by atoms with E-state index >= 15 is 0 Å². The van der Waals surface area contributed by atoms with Crippen LogP contribution in [0, 0.1) is 0 Å². The number of esters is 3. The second kappa shape index (κ2) is 35.6. The SMILES string of the molecule is CC(C)(C)OC(=O)CN1CCN(CC(=O)NCCCCNC(=O)[C@@H](Cc2ccc(OCc3ccccc3)cc2)N(CCCOc2ccc3nccc(C(=O)[O-])c3c2)C(=O)OC(C)(C)C)CCN(CC(=O)OC(C)(C)C)CCN(CC(=O)OC(C)(C)C)CC1.[Li+]. The summed E-state index contributed by atoms with van der Waals surface area (Å²) in [5, 5.41) is 18.3. The van der Waals surface area contributed by atoms with Crippen molar-refractivity contribution >= 4 is 52.7 Å². The molecule has 1 atom stereocenters. The number of aromatic carboxylic acids is 1. The number of rotatable bonds is 26. The van der Waals surface area contributed by atoms with Crippen molar-refractivity contribution in [3.8, 4) is 11.5 Å². The number of benzene rings is 3. The van der Waals surface area contributed by atoms with E-state index in [1.807, 2.05) is 137 Å². The number of fused-ring (bicyclic) bond motifs is 1. The zero-order chi connectivity index (χ0) is 64.7. The van der Waals surface area contributed by atoms with Crippen molar-refractivity contribution in [3.05, 3.63) is 102 Å². The average molecular weight is 1230 g/mol. The molecule has 1 saturated heterocycles. The van der Waals surface area contributed by atoms with Crippen molar-refractivity contribution in [1.82, 2.24) is 40.1 Å². The van der Waals surface area contributed by atoms with Crippen molar-refractivity contribution in [3.63, 3.8) is 0 Å². The number of hydrogen-bond acceptors (Lipinski definition) is 19. The second-order valence-electron chi connectivity index (χ2n) is 26.1. The van der Waals surface area contributed by atoms with E-state index < -0.39 is 58.4 Å². The van der Waals surface area contributed by atoms with Gasteiger partial charge >= 0.3 is 42.9 Å². The monoisotopic (exact) mass is 1230 g/mol. The second-order valence-corrected chi connectivity index (χ2v) is 26.1. The van der Waals surface area contributed by atoms with Crippen LogP contribution in [0.5, 0.6) is 11.5 Å². The minimum absolute atomic E-state index is 0. The van der Waals surface area contributed by atoms with Gasteiger partial charge in [0.05, 0.1) is 44.3 Å². The first-order chi connectivity index (χ1) is 41.4. The molecule has 1 fully saturated rings. The third-order valence-electron chi connectivity index (χ3n) is 13.5. The van der Waals surface area contributed by atoms with Crippen LogP contribution in [0.25, 0.3) is 10.9 Å². The fourth-order valence-corrected chi connectivity index (χ4v) is 9.49. The van der Waals surface area contributed by atoms with Crippen LogP contribution >= 0.6 is 0 Å². The van der Waals surface area contributed by atoms with Crippen molar-refractivity contribution in [2.45, 2.75) is 144 Å². The summed E-state index contributed by atoms with van der Waals surface area (Å²) >= 11 is 0. The number of unbranched alkanes of at least 4 members (excludes halogenated alkanes) is 1. The summed E-state index contributed by atoms with van der Waals surface area (Å²) in [5.74, 6) is -2.15. The molecule has 2 heterocycles. The Labute approximate surface area is 538 Å². The Morgan fingerprint density at radius 1 is 0.551 bits per heavy atom. The summed E-state index contributed by atoms with van der Waals surface area (Å²) in [6.45, 7) is 25.8. The van der Waals surface area contributed by atoms with Crippen LogP contribution in [-0.4, -0.2) is 204 Å². The molecule has 89 heavy (non-hydrogen) atoms. The number of ether oxygens (including phenoxy) is 6. The molecule has 1 aromatic heterocycles. The van der Waals surface area contributed by atoms with E-state index in [4.69, 9.17) is 28.4 Å². The number of nitrogens with zero attached hydrogens (tertiary/aromatic N) is 6. The number of carboxylic acids is 1. The molecule has 484 valence electrons. The minimum atomic E-state index is -1.34. The van der Waals surface area contributed by atoms with E-state index in [-0.39, 0.29) is 95.0 Å². The standard InChI is InChI=1S/C66H96N8O14.Li/c1-63(2,3)85-57(76)44-71-34-32-70(33-35-72(45-58(77)86-64(4,5)6)37-39-73(38-36-71)46-59(78)87-65(7,8)9)43-56(75)68-28-16-17-29-69-60(79)55(41-48-21-23-50(24-22-48)84-47-49-19-14-13-15-20-49)74(62(82)88-66(10,11)12)31-18-40-83-51-25-26-54-53(42-51)52(61(80)81)27-30-67-54;/h13-15,19-27,30,42,55H,16-18,28-29,31-41,43-47H2,1-12H3,(H,68,75)(H,69,79)(H,80,81);/q;+1/p-1/t55-;/m1./s1. The van der Waals surface area contributed by atoms with Crippen LogP contribution in [0.15, 0.2) is 85.1 Å². The van der Waals surface area contributed by atoms with Gasteiger partial charge in [0.1, 0.15) is 46.6 Å². The summed E-state index contributed by atoms with van der Waals surface area (Å²) in [7, 11) is 0. The van der Waals surface area contributed by atoms with Crippen molar-refractivity contribution in [2.24, 2.45) is 0 Å². The van der Waals surface area contributed by atoms with Gasteiger partial charge in [0, 0.05) is 95.6 Å². The summed E-state index contributed by atoms with van der Waals surface area (Å²) in [4.78, 5) is 107. The molecule has 1 aliphatic heterocycles. The first-order valence-electron chi connectivity index (χ1n) is 30.4. The van der Waals surface area contributed by atoms with Gasteiger partial charge in [0.25, 0.3) is 0 Å². The van der Waals surface area contributed by atoms with E-state index in [2.05, 4.69) is 15.6 Å². The van der Waals surface area contributed by atoms with Gasteiger partial charge in [-0.15, -0.1) is 0 Å². The largest absolute Gasteiger partial charge is 1.00 e. The molecule has 5 rings (SSSR count). The molecule has 22 nitrogen and oxygen atoms in total. The number of carbonyl (C=O) groups is 7. The van der Waals surface area contributed by atoms with Gasteiger partial charge in [-0.25, -0.2) is 4.79 Å². The van der Waals surface area contributed by atoms with Crippen LogP contribution in [0.3, 0.4) is 0 Å². The Kier molecular flexibility index (Phi) is 29.8. The summed E-state index contributed by atoms with van der Waals surface area (Å²) in [6.07, 6.45) is 2.11. The van der Waals surface area contributed by atoms with Gasteiger partial charge in [-0.05, 0) is 150 Å². The van der Waals surface area contributed by atoms with E-state index in [1.54, 1.807) is 39.0 Å². The molecule has 0 unspecified atom stereocenters. The number of amides is 3. The van der Waals surface area contributed by atoms with Gasteiger partial charge in [0.15, 0.2) is 0 Å². The van der Waals surface area contributed by atoms with E-state index in [1.165, 1.54) is 17.2 Å². The Bertz CT molecular complexity index is 2860. The summed E-state index contributed by atoms with van der Waals surface area (Å²) in [6, 6.07) is 22.4. The number of carbonyl (C=O) groups excluding carboxylic acids is 7. The van der Waals surface area contributed by atoms with Crippen LogP contribution in [-0.2, 0) is 55.9 Å². The number of hydrogen-bond donors (Lipinski definition) is 2. The number of nitrogens with one attached hydrogen (secondary N) is 2. The van der Waals surface area contributed by atoms with E-state index in [0.29, 0.717) is 101 Å². The minimum Gasteiger partial charge on any atom is -0.545 e. The molecule has 0 aliphatic carbocycles. The van der Waals surface area contributed by atoms with E-state index in [9.17, 15) is 38.7 Å². The van der Waals surface area contributed by atoms with E-state index in [0.717, 1.165) is 11.1 Å². The Morgan fingerprint density at radius 3 is 1.51 bits per heavy atom. The smallest absolute Gasteiger partial charge is 0.545 e. The molecule has 1 aliphatic rings. The van der Waals surface area contributed by atoms with Crippen molar-refractivity contribution < 1.29 is 86.0 Å². The maximum absolute atomic E-state index is 14.5.